The van der Waals surface area contributed by atoms with Crippen LogP contribution in [0, 0.1) is 0 Å². The molecule has 1 N–H and O–H groups in total. The lowest BCUT2D eigenvalue weighted by Gasteiger charge is -2.38. The standard InChI is InChI=1S/C10H19F3N2O/c1-8(5-14-7-10(11,12)13)15-3-4-16-6-9(15)2/h8-9,14H,3-7H2,1-2H3. The van der Waals surface area contributed by atoms with Gasteiger partial charge in [-0.05, 0) is 13.8 Å². The van der Waals surface area contributed by atoms with Crippen molar-refractivity contribution in [1.29, 1.82) is 0 Å². The molecule has 1 rings (SSSR count). The van der Waals surface area contributed by atoms with Gasteiger partial charge in [0.1, 0.15) is 0 Å². The maximum atomic E-state index is 11.9. The monoisotopic (exact) mass is 240 g/mol. The number of hydrogen-bond acceptors (Lipinski definition) is 3. The van der Waals surface area contributed by atoms with Crippen LogP contribution in [-0.2, 0) is 4.74 Å². The highest BCUT2D eigenvalue weighted by molar-refractivity contribution is 4.78. The van der Waals surface area contributed by atoms with Crippen LogP contribution in [0.4, 0.5) is 13.2 Å². The highest BCUT2D eigenvalue weighted by Crippen LogP contribution is 2.13. The molecule has 1 heterocycles. The van der Waals surface area contributed by atoms with E-state index in [-0.39, 0.29) is 12.1 Å². The molecular weight excluding hydrogens is 221 g/mol. The molecule has 0 bridgehead atoms. The van der Waals surface area contributed by atoms with Crippen molar-refractivity contribution in [1.82, 2.24) is 10.2 Å². The van der Waals surface area contributed by atoms with Gasteiger partial charge in [-0.15, -0.1) is 0 Å². The predicted molar refractivity (Wildman–Crippen MR) is 55.4 cm³/mol. The third-order valence-corrected chi connectivity index (χ3v) is 2.75. The second-order valence-electron chi connectivity index (χ2n) is 4.26. The van der Waals surface area contributed by atoms with Gasteiger partial charge < -0.3 is 10.1 Å². The number of nitrogens with zero attached hydrogens (tertiary/aromatic N) is 1. The van der Waals surface area contributed by atoms with Crippen molar-refractivity contribution < 1.29 is 17.9 Å². The third kappa shape index (κ3) is 4.67. The van der Waals surface area contributed by atoms with Crippen molar-refractivity contribution in [3.05, 3.63) is 0 Å². The van der Waals surface area contributed by atoms with E-state index in [0.29, 0.717) is 19.8 Å². The fourth-order valence-electron chi connectivity index (χ4n) is 1.93. The molecule has 2 atom stereocenters. The minimum absolute atomic E-state index is 0.0984. The zero-order chi connectivity index (χ0) is 12.2. The van der Waals surface area contributed by atoms with Crippen molar-refractivity contribution in [2.45, 2.75) is 32.1 Å². The Morgan fingerprint density at radius 3 is 2.75 bits per heavy atom. The summed E-state index contributed by atoms with van der Waals surface area (Å²) >= 11 is 0. The van der Waals surface area contributed by atoms with Crippen LogP contribution < -0.4 is 5.32 Å². The first-order chi connectivity index (χ1) is 7.40. The number of halogens is 3. The van der Waals surface area contributed by atoms with Crippen molar-refractivity contribution in [2.24, 2.45) is 0 Å². The van der Waals surface area contributed by atoms with E-state index in [1.54, 1.807) is 0 Å². The van der Waals surface area contributed by atoms with Crippen molar-refractivity contribution in [2.75, 3.05) is 32.8 Å². The topological polar surface area (TPSA) is 24.5 Å². The first-order valence-electron chi connectivity index (χ1n) is 5.51. The fraction of sp³-hybridized carbons (Fsp3) is 1.00. The summed E-state index contributed by atoms with van der Waals surface area (Å²) in [6.07, 6.45) is -4.13. The zero-order valence-electron chi connectivity index (χ0n) is 9.68. The quantitative estimate of drug-likeness (QED) is 0.800. The summed E-state index contributed by atoms with van der Waals surface area (Å²) in [6.45, 7) is 5.50. The van der Waals surface area contributed by atoms with Gasteiger partial charge in [0, 0.05) is 25.2 Å². The van der Waals surface area contributed by atoms with E-state index in [0.717, 1.165) is 6.54 Å². The van der Waals surface area contributed by atoms with Crippen LogP contribution in [0.5, 0.6) is 0 Å². The second-order valence-corrected chi connectivity index (χ2v) is 4.26. The summed E-state index contributed by atoms with van der Waals surface area (Å²) in [5.41, 5.74) is 0. The smallest absolute Gasteiger partial charge is 0.379 e. The maximum absolute atomic E-state index is 11.9. The molecule has 0 amide bonds. The minimum atomic E-state index is -4.13. The Kier molecular flexibility index (Phi) is 5.01. The molecule has 1 aliphatic rings. The second kappa shape index (κ2) is 5.84. The number of hydrogen-bond donors (Lipinski definition) is 1. The third-order valence-electron chi connectivity index (χ3n) is 2.75. The fourth-order valence-corrected chi connectivity index (χ4v) is 1.93. The molecule has 0 radical (unpaired) electrons. The summed E-state index contributed by atoms with van der Waals surface area (Å²) in [6, 6.07) is 0.373. The van der Waals surface area contributed by atoms with E-state index >= 15 is 0 Å². The van der Waals surface area contributed by atoms with Crippen molar-refractivity contribution in [3.63, 3.8) is 0 Å². The largest absolute Gasteiger partial charge is 0.401 e. The van der Waals surface area contributed by atoms with E-state index < -0.39 is 12.7 Å². The summed E-state index contributed by atoms with van der Waals surface area (Å²) in [4.78, 5) is 2.17. The molecule has 0 saturated carbocycles. The molecule has 96 valence electrons. The van der Waals surface area contributed by atoms with E-state index in [4.69, 9.17) is 4.74 Å². The number of ether oxygens (including phenoxy) is 1. The molecule has 0 aromatic carbocycles. The Morgan fingerprint density at radius 2 is 2.19 bits per heavy atom. The van der Waals surface area contributed by atoms with Crippen LogP contribution in [0.3, 0.4) is 0 Å². The van der Waals surface area contributed by atoms with E-state index in [9.17, 15) is 13.2 Å². The first-order valence-corrected chi connectivity index (χ1v) is 5.51. The normalized spacial score (nSPS) is 25.7. The van der Waals surface area contributed by atoms with Gasteiger partial charge in [0.2, 0.25) is 0 Å². The van der Waals surface area contributed by atoms with E-state index in [1.165, 1.54) is 0 Å². The average molecular weight is 240 g/mol. The number of alkyl halides is 3. The molecule has 0 spiro atoms. The molecule has 1 saturated heterocycles. The van der Waals surface area contributed by atoms with Gasteiger partial charge in [-0.2, -0.15) is 13.2 Å². The van der Waals surface area contributed by atoms with Crippen molar-refractivity contribution in [3.8, 4) is 0 Å². The molecule has 1 aliphatic heterocycles. The van der Waals surface area contributed by atoms with Gasteiger partial charge in [0.05, 0.1) is 19.8 Å². The molecular formula is C10H19F3N2O. The lowest BCUT2D eigenvalue weighted by atomic mass is 10.2. The van der Waals surface area contributed by atoms with Gasteiger partial charge in [0.25, 0.3) is 0 Å². The summed E-state index contributed by atoms with van der Waals surface area (Å²) < 4.78 is 41.1. The minimum Gasteiger partial charge on any atom is -0.379 e. The zero-order valence-corrected chi connectivity index (χ0v) is 9.68. The molecule has 3 nitrogen and oxygen atoms in total. The highest BCUT2D eigenvalue weighted by atomic mass is 19.4. The number of nitrogens with one attached hydrogen (secondary N) is 1. The van der Waals surface area contributed by atoms with Gasteiger partial charge in [0.15, 0.2) is 0 Å². The van der Waals surface area contributed by atoms with Crippen LogP contribution >= 0.6 is 0 Å². The molecule has 0 aromatic rings. The molecule has 1 fully saturated rings. The molecule has 0 aliphatic carbocycles. The lowest BCUT2D eigenvalue weighted by molar-refractivity contribution is -0.125. The van der Waals surface area contributed by atoms with Crippen LogP contribution in [0.2, 0.25) is 0 Å². The lowest BCUT2D eigenvalue weighted by Crippen LogP contribution is -2.52. The summed E-state index contributed by atoms with van der Waals surface area (Å²) in [5.74, 6) is 0. The Balaban J connectivity index is 2.25. The van der Waals surface area contributed by atoms with Gasteiger partial charge in [-0.3, -0.25) is 4.90 Å². The summed E-state index contributed by atoms with van der Waals surface area (Å²) in [7, 11) is 0. The average Bonchev–Trinajstić information content (AvgIpc) is 2.16. The predicted octanol–water partition coefficient (Wildman–Crippen LogP) is 1.25. The SMILES string of the molecule is CC(CNCC(F)(F)F)N1CCOCC1C. The Morgan fingerprint density at radius 1 is 1.50 bits per heavy atom. The van der Waals surface area contributed by atoms with E-state index in [2.05, 4.69) is 10.2 Å². The van der Waals surface area contributed by atoms with E-state index in [1.807, 2.05) is 13.8 Å². The van der Waals surface area contributed by atoms with Crippen LogP contribution in [-0.4, -0.2) is 56.0 Å². The van der Waals surface area contributed by atoms with Gasteiger partial charge in [-0.1, -0.05) is 0 Å². The first kappa shape index (κ1) is 13.7. The summed E-state index contributed by atoms with van der Waals surface area (Å²) in [5, 5.41) is 2.44. The van der Waals surface area contributed by atoms with Gasteiger partial charge >= 0.3 is 6.18 Å². The number of morpholine rings is 1. The molecule has 6 heteroatoms. The Bertz CT molecular complexity index is 211. The van der Waals surface area contributed by atoms with Gasteiger partial charge in [-0.25, -0.2) is 0 Å². The molecule has 0 aromatic heterocycles. The number of rotatable bonds is 4. The Hall–Kier alpha value is -0.330. The van der Waals surface area contributed by atoms with Crippen LogP contribution in [0.25, 0.3) is 0 Å². The Labute approximate surface area is 93.9 Å². The highest BCUT2D eigenvalue weighted by Gasteiger charge is 2.28. The maximum Gasteiger partial charge on any atom is 0.401 e. The van der Waals surface area contributed by atoms with Crippen LogP contribution in [0.1, 0.15) is 13.8 Å². The molecule has 16 heavy (non-hydrogen) atoms. The van der Waals surface area contributed by atoms with Crippen molar-refractivity contribution >= 4 is 0 Å². The van der Waals surface area contributed by atoms with Crippen LogP contribution in [0.15, 0.2) is 0 Å². The molecule has 2 unspecified atom stereocenters.